The van der Waals surface area contributed by atoms with Gasteiger partial charge in [0.25, 0.3) is 10.0 Å². The summed E-state index contributed by atoms with van der Waals surface area (Å²) in [7, 11) is -3.46. The van der Waals surface area contributed by atoms with Crippen molar-refractivity contribution in [3.63, 3.8) is 0 Å². The standard InChI is InChI=1S/C21H25N3O2S2/c1-2-23(15-17-9-11-22-12-10-17)19-7-5-13-24(16-19)28(25,26)21-14-18-6-3-4-8-20(18)27-21/h3-4,6,8-12,14,19H,2,5,7,13,15-16H2,1H3. The van der Waals surface area contributed by atoms with Crippen LogP contribution in [0.1, 0.15) is 25.3 Å². The Morgan fingerprint density at radius 2 is 2.00 bits per heavy atom. The first-order chi connectivity index (χ1) is 13.6. The maximum Gasteiger partial charge on any atom is 0.252 e. The fourth-order valence-corrected chi connectivity index (χ4v) is 6.94. The highest BCUT2D eigenvalue weighted by atomic mass is 32.2. The molecule has 0 N–H and O–H groups in total. The summed E-state index contributed by atoms with van der Waals surface area (Å²) in [5.41, 5.74) is 1.21. The average molecular weight is 416 g/mol. The van der Waals surface area contributed by atoms with E-state index in [9.17, 15) is 8.42 Å². The van der Waals surface area contributed by atoms with Gasteiger partial charge in [0.2, 0.25) is 0 Å². The molecule has 5 nitrogen and oxygen atoms in total. The fraction of sp³-hybridized carbons (Fsp3) is 0.381. The molecule has 0 aliphatic carbocycles. The van der Waals surface area contributed by atoms with Crippen LogP contribution in [0.15, 0.2) is 59.1 Å². The minimum absolute atomic E-state index is 0.232. The molecule has 0 bridgehead atoms. The highest BCUT2D eigenvalue weighted by molar-refractivity contribution is 7.91. The number of thiophene rings is 1. The van der Waals surface area contributed by atoms with Gasteiger partial charge in [0.05, 0.1) is 0 Å². The third kappa shape index (κ3) is 3.98. The summed E-state index contributed by atoms with van der Waals surface area (Å²) in [5.74, 6) is 0. The molecule has 0 spiro atoms. The van der Waals surface area contributed by atoms with Crippen LogP contribution < -0.4 is 0 Å². The summed E-state index contributed by atoms with van der Waals surface area (Å²) < 4.78 is 29.7. The predicted octanol–water partition coefficient (Wildman–Crippen LogP) is 3.97. The van der Waals surface area contributed by atoms with Gasteiger partial charge in [-0.05, 0) is 54.6 Å². The van der Waals surface area contributed by atoms with Gasteiger partial charge in [-0.25, -0.2) is 8.42 Å². The smallest absolute Gasteiger partial charge is 0.252 e. The van der Waals surface area contributed by atoms with E-state index in [-0.39, 0.29) is 6.04 Å². The molecule has 0 amide bonds. The van der Waals surface area contributed by atoms with Crippen molar-refractivity contribution in [3.05, 3.63) is 60.4 Å². The number of fused-ring (bicyclic) bond motifs is 1. The van der Waals surface area contributed by atoms with E-state index in [0.717, 1.165) is 36.0 Å². The van der Waals surface area contributed by atoms with Crippen LogP contribution in [0.4, 0.5) is 0 Å². The first-order valence-electron chi connectivity index (χ1n) is 9.69. The molecule has 4 rings (SSSR count). The first kappa shape index (κ1) is 19.5. The van der Waals surface area contributed by atoms with E-state index in [1.54, 1.807) is 4.31 Å². The van der Waals surface area contributed by atoms with Crippen molar-refractivity contribution < 1.29 is 8.42 Å². The van der Waals surface area contributed by atoms with E-state index in [1.165, 1.54) is 16.9 Å². The fourth-order valence-electron chi connectivity index (χ4n) is 3.87. The number of sulfonamides is 1. The van der Waals surface area contributed by atoms with Gasteiger partial charge in [-0.1, -0.05) is 25.1 Å². The van der Waals surface area contributed by atoms with Crippen LogP contribution in [0.2, 0.25) is 0 Å². The summed E-state index contributed by atoms with van der Waals surface area (Å²) in [5, 5.41) is 0.993. The topological polar surface area (TPSA) is 53.5 Å². The Labute approximate surface area is 170 Å². The van der Waals surface area contributed by atoms with Gasteiger partial charge in [-0.3, -0.25) is 9.88 Å². The number of hydrogen-bond donors (Lipinski definition) is 0. The van der Waals surface area contributed by atoms with Gasteiger partial charge in [0, 0.05) is 42.8 Å². The van der Waals surface area contributed by atoms with Crippen molar-refractivity contribution in [1.82, 2.24) is 14.2 Å². The summed E-state index contributed by atoms with van der Waals surface area (Å²) >= 11 is 1.37. The van der Waals surface area contributed by atoms with E-state index < -0.39 is 10.0 Å². The molecule has 0 radical (unpaired) electrons. The van der Waals surface area contributed by atoms with E-state index in [2.05, 4.69) is 16.8 Å². The van der Waals surface area contributed by atoms with Gasteiger partial charge >= 0.3 is 0 Å². The molecule has 1 saturated heterocycles. The zero-order valence-corrected chi connectivity index (χ0v) is 17.6. The molecule has 148 valence electrons. The molecular formula is C21H25N3O2S2. The molecule has 3 heterocycles. The average Bonchev–Trinajstić information content (AvgIpc) is 3.18. The van der Waals surface area contributed by atoms with Crippen molar-refractivity contribution in [2.45, 2.75) is 36.6 Å². The second-order valence-corrected chi connectivity index (χ2v) is 10.4. The van der Waals surface area contributed by atoms with Gasteiger partial charge in [-0.2, -0.15) is 4.31 Å². The quantitative estimate of drug-likeness (QED) is 0.611. The third-order valence-corrected chi connectivity index (χ3v) is 8.84. The van der Waals surface area contributed by atoms with Crippen LogP contribution in [-0.2, 0) is 16.6 Å². The molecule has 1 unspecified atom stereocenters. The number of likely N-dealkylation sites (N-methyl/N-ethyl adjacent to an activating group) is 1. The molecule has 28 heavy (non-hydrogen) atoms. The summed E-state index contributed by atoms with van der Waals surface area (Å²) in [6.07, 6.45) is 5.53. The van der Waals surface area contributed by atoms with Crippen LogP contribution >= 0.6 is 11.3 Å². The predicted molar refractivity (Wildman–Crippen MR) is 114 cm³/mol. The lowest BCUT2D eigenvalue weighted by atomic mass is 10.1. The van der Waals surface area contributed by atoms with Crippen LogP contribution in [0.5, 0.6) is 0 Å². The molecule has 1 atom stereocenters. The third-order valence-electron chi connectivity index (χ3n) is 5.41. The number of benzene rings is 1. The molecule has 1 fully saturated rings. The summed E-state index contributed by atoms with van der Waals surface area (Å²) in [4.78, 5) is 6.46. The number of aromatic nitrogens is 1. The maximum atomic E-state index is 13.3. The van der Waals surface area contributed by atoms with Crippen molar-refractivity contribution in [3.8, 4) is 0 Å². The molecule has 3 aromatic rings. The molecule has 1 aliphatic rings. The Balaban J connectivity index is 1.53. The lowest BCUT2D eigenvalue weighted by Crippen LogP contribution is -2.49. The lowest BCUT2D eigenvalue weighted by Gasteiger charge is -2.38. The number of nitrogens with zero attached hydrogens (tertiary/aromatic N) is 3. The largest absolute Gasteiger partial charge is 0.295 e. The van der Waals surface area contributed by atoms with Crippen molar-refractivity contribution in [1.29, 1.82) is 0 Å². The number of rotatable bonds is 6. The highest BCUT2D eigenvalue weighted by Crippen LogP contribution is 2.32. The molecule has 7 heteroatoms. The van der Waals surface area contributed by atoms with E-state index in [0.29, 0.717) is 17.3 Å². The second-order valence-electron chi connectivity index (χ2n) is 7.18. The first-order valence-corrected chi connectivity index (χ1v) is 12.0. The zero-order chi connectivity index (χ0) is 19.6. The molecule has 2 aromatic heterocycles. The van der Waals surface area contributed by atoms with Crippen LogP contribution in [0.3, 0.4) is 0 Å². The van der Waals surface area contributed by atoms with E-state index in [4.69, 9.17) is 0 Å². The Bertz CT molecular complexity index is 1000. The highest BCUT2D eigenvalue weighted by Gasteiger charge is 2.33. The maximum absolute atomic E-state index is 13.3. The minimum Gasteiger partial charge on any atom is -0.295 e. The summed E-state index contributed by atoms with van der Waals surface area (Å²) in [6, 6.07) is 13.9. The van der Waals surface area contributed by atoms with Gasteiger partial charge in [0.1, 0.15) is 4.21 Å². The Kier molecular flexibility index (Phi) is 5.78. The molecular weight excluding hydrogens is 390 g/mol. The lowest BCUT2D eigenvalue weighted by molar-refractivity contribution is 0.134. The Hall–Kier alpha value is -1.80. The van der Waals surface area contributed by atoms with E-state index in [1.807, 2.05) is 54.9 Å². The second kappa shape index (κ2) is 8.29. The number of piperidine rings is 1. The Morgan fingerprint density at radius 3 is 2.75 bits per heavy atom. The van der Waals surface area contributed by atoms with Gasteiger partial charge in [0.15, 0.2) is 0 Å². The number of pyridine rings is 1. The summed E-state index contributed by atoms with van der Waals surface area (Å²) in [6.45, 7) is 5.00. The van der Waals surface area contributed by atoms with Crippen LogP contribution in [0, 0.1) is 0 Å². The van der Waals surface area contributed by atoms with Gasteiger partial charge in [-0.15, -0.1) is 11.3 Å². The normalized spacial score (nSPS) is 18.7. The molecule has 0 saturated carbocycles. The number of hydrogen-bond acceptors (Lipinski definition) is 5. The van der Waals surface area contributed by atoms with Crippen LogP contribution in [0.25, 0.3) is 10.1 Å². The zero-order valence-electron chi connectivity index (χ0n) is 16.0. The molecule has 1 aromatic carbocycles. The van der Waals surface area contributed by atoms with Crippen LogP contribution in [-0.4, -0.2) is 48.3 Å². The van der Waals surface area contributed by atoms with Crippen molar-refractivity contribution in [2.75, 3.05) is 19.6 Å². The minimum atomic E-state index is -3.46. The SMILES string of the molecule is CCN(Cc1ccncc1)C1CCCN(S(=O)(=O)c2cc3ccccc3s2)C1. The van der Waals surface area contributed by atoms with Gasteiger partial charge < -0.3 is 0 Å². The Morgan fingerprint density at radius 1 is 1.21 bits per heavy atom. The van der Waals surface area contributed by atoms with Crippen molar-refractivity contribution >= 4 is 31.4 Å². The van der Waals surface area contributed by atoms with Crippen molar-refractivity contribution in [2.24, 2.45) is 0 Å². The monoisotopic (exact) mass is 415 g/mol. The molecule has 1 aliphatic heterocycles. The van der Waals surface area contributed by atoms with E-state index >= 15 is 0 Å².